The molecular formula is C118H71N3S2. The number of benzene rings is 19. The van der Waals surface area contributed by atoms with Crippen molar-refractivity contribution in [3.8, 4) is 100 Å². The number of fused-ring (bicyclic) bond motifs is 29. The third-order valence-corrected chi connectivity index (χ3v) is 29.5. The Morgan fingerprint density at radius 1 is 0.195 bits per heavy atom. The van der Waals surface area contributed by atoms with E-state index in [1.165, 1.54) is 206 Å². The Bertz CT molecular complexity index is 8170. The van der Waals surface area contributed by atoms with E-state index in [1.807, 2.05) is 22.7 Å². The molecular weight excluding hydrogens is 1520 g/mol. The normalized spacial score (nSPS) is 13.3. The summed E-state index contributed by atoms with van der Waals surface area (Å²) < 4.78 is 5.30. The number of para-hydroxylation sites is 3. The largest absolute Gasteiger partial charge is 0.310 e. The highest BCUT2D eigenvalue weighted by Gasteiger charge is 2.53. The van der Waals surface area contributed by atoms with Gasteiger partial charge in [-0.15, -0.1) is 22.7 Å². The fraction of sp³-hybridized carbons (Fsp3) is 0.0169. The lowest BCUT2D eigenvalue weighted by Gasteiger charge is -2.45. The molecule has 0 saturated heterocycles. The zero-order valence-electron chi connectivity index (χ0n) is 66.7. The van der Waals surface area contributed by atoms with E-state index in [2.05, 4.69) is 436 Å². The van der Waals surface area contributed by atoms with Crippen molar-refractivity contribution >= 4 is 123 Å². The van der Waals surface area contributed by atoms with Crippen LogP contribution in [-0.4, -0.2) is 9.97 Å². The lowest BCUT2D eigenvalue weighted by atomic mass is 9.64. The van der Waals surface area contributed by atoms with Gasteiger partial charge in [-0.1, -0.05) is 358 Å². The van der Waals surface area contributed by atoms with Gasteiger partial charge < -0.3 is 4.90 Å². The van der Waals surface area contributed by atoms with Gasteiger partial charge in [0.25, 0.3) is 0 Å². The van der Waals surface area contributed by atoms with Crippen molar-refractivity contribution < 1.29 is 0 Å². The lowest BCUT2D eigenvalue weighted by molar-refractivity contribution is 0.752. The van der Waals surface area contributed by atoms with E-state index in [0.29, 0.717) is 0 Å². The van der Waals surface area contributed by atoms with Crippen LogP contribution in [0.2, 0.25) is 0 Å². The Kier molecular flexibility index (Phi) is 15.4. The molecule has 123 heavy (non-hydrogen) atoms. The second-order valence-electron chi connectivity index (χ2n) is 33.0. The minimum atomic E-state index is -0.489. The van der Waals surface area contributed by atoms with E-state index in [4.69, 9.17) is 9.97 Å². The molecule has 0 saturated carbocycles. The van der Waals surface area contributed by atoms with E-state index >= 15 is 0 Å². The van der Waals surface area contributed by atoms with Crippen LogP contribution < -0.4 is 4.90 Å². The summed E-state index contributed by atoms with van der Waals surface area (Å²) in [6, 6.07) is 155. The van der Waals surface area contributed by atoms with Gasteiger partial charge >= 0.3 is 0 Å². The molecule has 570 valence electrons. The Labute approximate surface area is 719 Å². The number of aromatic nitrogens is 2. The van der Waals surface area contributed by atoms with Gasteiger partial charge in [-0.05, 0) is 204 Å². The Balaban J connectivity index is 0.000000133. The molecule has 0 fully saturated rings. The molecule has 19 aromatic carbocycles. The predicted octanol–water partition coefficient (Wildman–Crippen LogP) is 32.0. The van der Waals surface area contributed by atoms with Gasteiger partial charge in [0.1, 0.15) is 0 Å². The molecule has 0 bridgehead atoms. The summed E-state index contributed by atoms with van der Waals surface area (Å²) in [6.07, 6.45) is 4.18. The SMILES string of the molecule is c1ccc(N2c3ccccc3C3(c4ccccc4-c4cc(-c5ccc(-c6c7ccccc7c(-c7cccc8c7sc7ccccc78)c7ccccc67)cn5)ccc43)c3ccccc32)cc1.c1ccc2c(c1)-c1ccccc1C21c2ccccc2-c2ccc(-c3ccc(-c4c5ccccc5c(-c5cccc6c5sc5ccccc56)c5ccccc45)cn3)cc21. The molecule has 0 unspecified atom stereocenters. The van der Waals surface area contributed by atoms with Crippen molar-refractivity contribution in [1.29, 1.82) is 0 Å². The van der Waals surface area contributed by atoms with Crippen LogP contribution in [0.1, 0.15) is 44.5 Å². The molecule has 3 nitrogen and oxygen atoms in total. The van der Waals surface area contributed by atoms with Crippen molar-refractivity contribution in [2.24, 2.45) is 0 Å². The molecule has 2 spiro atoms. The highest BCUT2D eigenvalue weighted by atomic mass is 32.1. The first-order chi connectivity index (χ1) is 61.1. The van der Waals surface area contributed by atoms with Crippen LogP contribution in [0.3, 0.4) is 0 Å². The van der Waals surface area contributed by atoms with E-state index in [9.17, 15) is 0 Å². The van der Waals surface area contributed by atoms with Crippen molar-refractivity contribution in [1.82, 2.24) is 9.97 Å². The average molecular weight is 1600 g/mol. The summed E-state index contributed by atoms with van der Waals surface area (Å²) in [5, 5.41) is 15.2. The Morgan fingerprint density at radius 2 is 0.504 bits per heavy atom. The summed E-state index contributed by atoms with van der Waals surface area (Å²) >= 11 is 3.79. The molecule has 23 aromatic rings. The highest BCUT2D eigenvalue weighted by molar-refractivity contribution is 7.26. The van der Waals surface area contributed by atoms with E-state index < -0.39 is 5.41 Å². The zero-order chi connectivity index (χ0) is 80.6. The molecule has 0 radical (unpaired) electrons. The van der Waals surface area contributed by atoms with Crippen molar-refractivity contribution in [3.63, 3.8) is 0 Å². The number of hydrogen-bond donors (Lipinski definition) is 0. The van der Waals surface area contributed by atoms with Gasteiger partial charge in [0, 0.05) is 91.8 Å². The van der Waals surface area contributed by atoms with E-state index in [1.54, 1.807) is 0 Å². The molecule has 0 atom stereocenters. The number of thiophene rings is 2. The van der Waals surface area contributed by atoms with Gasteiger partial charge in [0.2, 0.25) is 0 Å². The van der Waals surface area contributed by atoms with Gasteiger partial charge in [-0.25, -0.2) is 0 Å². The zero-order valence-corrected chi connectivity index (χ0v) is 68.3. The quantitative estimate of drug-likeness (QED) is 0.149. The maximum Gasteiger partial charge on any atom is 0.0754 e. The van der Waals surface area contributed by atoms with Crippen LogP contribution in [0.25, 0.3) is 184 Å². The highest BCUT2D eigenvalue weighted by Crippen LogP contribution is 2.66. The fourth-order valence-electron chi connectivity index (χ4n) is 22.2. The molecule has 3 aliphatic carbocycles. The maximum absolute atomic E-state index is 5.28. The standard InChI is InChI=1S/C62H38N2S.C56H33NS/c1-2-17-41(18-3-1)64-56-30-13-11-28-53(56)62(54-29-12-14-31-57(54)64)51-27-10-8-19-42(51)50-37-39(33-35-52(50)62)55-36-34-40(38-63-55)59-44-21-4-6-23-46(44)60(47-24-7-5-22-45(47)59)49-26-16-25-48-43-20-9-15-32-58(43)65-61(48)49;1-3-20-43-41(18-1)53(42-19-2-4-21-44(42)54(43)46-23-13-22-45-40-17-8-12-27-52(40)58-55(45)46)35-29-31-51(57-33-35)34-28-30-39-38-16-7-11-26-49(38)56(50(39)32-34)47-24-9-5-14-36(47)37-15-6-10-25-48(37)56/h1-38H;1-33H. The van der Waals surface area contributed by atoms with Gasteiger partial charge in [-0.3, -0.25) is 9.97 Å². The Morgan fingerprint density at radius 3 is 0.935 bits per heavy atom. The first-order valence-electron chi connectivity index (χ1n) is 42.4. The molecule has 0 N–H and O–H groups in total. The third-order valence-electron chi connectivity index (χ3n) is 27.1. The maximum atomic E-state index is 5.28. The first kappa shape index (κ1) is 69.7. The van der Waals surface area contributed by atoms with Crippen molar-refractivity contribution in [3.05, 3.63) is 475 Å². The van der Waals surface area contributed by atoms with Gasteiger partial charge in [-0.2, -0.15) is 0 Å². The first-order valence-corrected chi connectivity index (χ1v) is 44.0. The monoisotopic (exact) mass is 1590 g/mol. The molecule has 1 aliphatic heterocycles. The van der Waals surface area contributed by atoms with Gasteiger partial charge in [0.15, 0.2) is 0 Å². The second-order valence-corrected chi connectivity index (χ2v) is 35.1. The number of pyridine rings is 2. The fourth-order valence-corrected chi connectivity index (χ4v) is 24.6. The summed E-state index contributed by atoms with van der Waals surface area (Å²) in [7, 11) is 0. The minimum Gasteiger partial charge on any atom is -0.310 e. The number of rotatable bonds is 7. The van der Waals surface area contributed by atoms with Crippen LogP contribution in [0.5, 0.6) is 0 Å². The number of anilines is 3. The Hall–Kier alpha value is -15.2. The lowest BCUT2D eigenvalue weighted by Crippen LogP contribution is -2.36. The van der Waals surface area contributed by atoms with Crippen LogP contribution in [0.15, 0.2) is 431 Å². The summed E-state index contributed by atoms with van der Waals surface area (Å²) in [6.45, 7) is 0. The number of nitrogens with zero attached hydrogens (tertiary/aromatic N) is 3. The summed E-state index contributed by atoms with van der Waals surface area (Å²) in [4.78, 5) is 13.0. The van der Waals surface area contributed by atoms with Crippen LogP contribution in [0.4, 0.5) is 17.1 Å². The smallest absolute Gasteiger partial charge is 0.0754 e. The van der Waals surface area contributed by atoms with Crippen molar-refractivity contribution in [2.45, 2.75) is 10.8 Å². The second kappa shape index (κ2) is 27.1. The topological polar surface area (TPSA) is 29.0 Å². The minimum absolute atomic E-state index is 0.380. The number of hydrogen-bond acceptors (Lipinski definition) is 5. The predicted molar refractivity (Wildman–Crippen MR) is 519 cm³/mol. The third kappa shape index (κ3) is 9.97. The molecule has 4 aliphatic rings. The molecule has 5 heterocycles. The van der Waals surface area contributed by atoms with Gasteiger partial charge in [0.05, 0.1) is 33.6 Å². The van der Waals surface area contributed by atoms with E-state index in [-0.39, 0.29) is 5.41 Å². The van der Waals surface area contributed by atoms with Crippen molar-refractivity contribution in [2.75, 3.05) is 4.90 Å². The molecule has 27 rings (SSSR count). The van der Waals surface area contributed by atoms with Crippen LogP contribution in [0, 0.1) is 0 Å². The average Bonchev–Trinajstić information content (AvgIpc) is 1.51. The van der Waals surface area contributed by atoms with E-state index in [0.717, 1.165) is 39.3 Å². The molecule has 5 heteroatoms. The summed E-state index contributed by atoms with van der Waals surface area (Å²) in [5.74, 6) is 0. The van der Waals surface area contributed by atoms with Crippen LogP contribution >= 0.6 is 22.7 Å². The summed E-state index contributed by atoms with van der Waals surface area (Å²) in [5.41, 5.74) is 35.0. The van der Waals surface area contributed by atoms with Crippen LogP contribution in [-0.2, 0) is 10.8 Å². The molecule has 0 amide bonds. The molecule has 4 aromatic heterocycles.